The van der Waals surface area contributed by atoms with E-state index in [0.717, 1.165) is 41.3 Å². The van der Waals surface area contributed by atoms with E-state index in [1.807, 2.05) is 53.6 Å². The van der Waals surface area contributed by atoms with Crippen LogP contribution in [0.1, 0.15) is 11.1 Å². The topological polar surface area (TPSA) is 91.1 Å². The molecule has 144 valence electrons. The van der Waals surface area contributed by atoms with E-state index in [-0.39, 0.29) is 5.91 Å². The Balaban J connectivity index is 1.33. The average Bonchev–Trinajstić information content (AvgIpc) is 3.25. The fourth-order valence-corrected chi connectivity index (χ4v) is 3.41. The highest BCUT2D eigenvalue weighted by atomic mass is 16.2. The SMILES string of the molecule is NCc1ccc(CC(=O)N2CCN(c3cc(-c4cccnc4)[nH]n3)CC2)cc1. The molecule has 0 atom stereocenters. The lowest BCUT2D eigenvalue weighted by Crippen LogP contribution is -2.49. The van der Waals surface area contributed by atoms with E-state index in [9.17, 15) is 4.79 Å². The van der Waals surface area contributed by atoms with Crippen molar-refractivity contribution in [3.63, 3.8) is 0 Å². The van der Waals surface area contributed by atoms with Crippen molar-refractivity contribution in [1.29, 1.82) is 0 Å². The van der Waals surface area contributed by atoms with Crippen LogP contribution in [0.25, 0.3) is 11.3 Å². The summed E-state index contributed by atoms with van der Waals surface area (Å²) in [5.74, 6) is 1.07. The first-order valence-electron chi connectivity index (χ1n) is 9.49. The first-order valence-corrected chi connectivity index (χ1v) is 9.49. The van der Waals surface area contributed by atoms with Crippen LogP contribution >= 0.6 is 0 Å². The average molecular weight is 376 g/mol. The van der Waals surface area contributed by atoms with Crippen LogP contribution in [-0.2, 0) is 17.8 Å². The van der Waals surface area contributed by atoms with Crippen molar-refractivity contribution in [2.75, 3.05) is 31.1 Å². The quantitative estimate of drug-likeness (QED) is 0.709. The summed E-state index contributed by atoms with van der Waals surface area (Å²) in [5.41, 5.74) is 9.68. The van der Waals surface area contributed by atoms with Crippen molar-refractivity contribution >= 4 is 11.7 Å². The number of H-pyrrole nitrogens is 1. The van der Waals surface area contributed by atoms with Gasteiger partial charge in [0.2, 0.25) is 5.91 Å². The van der Waals surface area contributed by atoms with Gasteiger partial charge < -0.3 is 15.5 Å². The van der Waals surface area contributed by atoms with E-state index in [0.29, 0.717) is 26.1 Å². The van der Waals surface area contributed by atoms with Gasteiger partial charge in [-0.25, -0.2) is 0 Å². The lowest BCUT2D eigenvalue weighted by molar-refractivity contribution is -0.130. The van der Waals surface area contributed by atoms with Gasteiger partial charge in [0.05, 0.1) is 12.1 Å². The second-order valence-corrected chi connectivity index (χ2v) is 6.95. The summed E-state index contributed by atoms with van der Waals surface area (Å²) in [6, 6.07) is 13.9. The summed E-state index contributed by atoms with van der Waals surface area (Å²) in [5, 5.41) is 7.50. The lowest BCUT2D eigenvalue weighted by atomic mass is 10.1. The Morgan fingerprint density at radius 3 is 2.50 bits per heavy atom. The molecule has 1 aliphatic rings. The van der Waals surface area contributed by atoms with Gasteiger partial charge >= 0.3 is 0 Å². The van der Waals surface area contributed by atoms with Gasteiger partial charge in [0, 0.05) is 56.7 Å². The van der Waals surface area contributed by atoms with Crippen molar-refractivity contribution in [2.24, 2.45) is 5.73 Å². The summed E-state index contributed by atoms with van der Waals surface area (Å²) in [6.07, 6.45) is 4.00. The highest BCUT2D eigenvalue weighted by molar-refractivity contribution is 5.79. The molecule has 3 N–H and O–H groups in total. The number of carbonyl (C=O) groups excluding carboxylic acids is 1. The number of piperazine rings is 1. The molecule has 1 aromatic carbocycles. The molecule has 3 aromatic rings. The molecule has 2 aromatic heterocycles. The predicted octanol–water partition coefficient (Wildman–Crippen LogP) is 1.82. The lowest BCUT2D eigenvalue weighted by Gasteiger charge is -2.34. The summed E-state index contributed by atoms with van der Waals surface area (Å²) in [4.78, 5) is 20.9. The highest BCUT2D eigenvalue weighted by Gasteiger charge is 2.22. The Hall–Kier alpha value is -3.19. The first-order chi connectivity index (χ1) is 13.7. The second-order valence-electron chi connectivity index (χ2n) is 6.95. The molecule has 28 heavy (non-hydrogen) atoms. The molecule has 0 bridgehead atoms. The van der Waals surface area contributed by atoms with Crippen LogP contribution in [0.5, 0.6) is 0 Å². The molecular weight excluding hydrogens is 352 g/mol. The number of pyridine rings is 1. The van der Waals surface area contributed by atoms with Gasteiger partial charge in [-0.2, -0.15) is 5.10 Å². The Morgan fingerprint density at radius 2 is 1.82 bits per heavy atom. The summed E-state index contributed by atoms with van der Waals surface area (Å²) in [7, 11) is 0. The van der Waals surface area contributed by atoms with E-state index in [1.54, 1.807) is 6.20 Å². The molecule has 1 saturated heterocycles. The molecule has 1 aliphatic heterocycles. The number of hydrogen-bond acceptors (Lipinski definition) is 5. The number of benzene rings is 1. The maximum absolute atomic E-state index is 12.6. The standard InChI is InChI=1S/C21H24N6O/c22-14-17-5-3-16(4-6-17)12-21(28)27-10-8-26(9-11-27)20-13-19(24-25-20)18-2-1-7-23-15-18/h1-7,13,15H,8-12,14,22H2,(H,24,25). The van der Waals surface area contributed by atoms with Crippen LogP contribution in [0, 0.1) is 0 Å². The van der Waals surface area contributed by atoms with E-state index < -0.39 is 0 Å². The maximum Gasteiger partial charge on any atom is 0.227 e. The van der Waals surface area contributed by atoms with Crippen LogP contribution in [0.2, 0.25) is 0 Å². The van der Waals surface area contributed by atoms with E-state index >= 15 is 0 Å². The van der Waals surface area contributed by atoms with E-state index in [4.69, 9.17) is 5.73 Å². The molecule has 0 spiro atoms. The molecule has 0 saturated carbocycles. The zero-order chi connectivity index (χ0) is 19.3. The van der Waals surface area contributed by atoms with Gasteiger partial charge in [0.15, 0.2) is 5.82 Å². The Morgan fingerprint density at radius 1 is 1.07 bits per heavy atom. The van der Waals surface area contributed by atoms with Crippen molar-refractivity contribution < 1.29 is 4.79 Å². The predicted molar refractivity (Wildman–Crippen MR) is 109 cm³/mol. The van der Waals surface area contributed by atoms with Crippen LogP contribution in [0.4, 0.5) is 5.82 Å². The number of rotatable bonds is 5. The smallest absolute Gasteiger partial charge is 0.227 e. The Bertz CT molecular complexity index is 914. The summed E-state index contributed by atoms with van der Waals surface area (Å²) < 4.78 is 0. The van der Waals surface area contributed by atoms with E-state index in [1.165, 1.54) is 0 Å². The number of nitrogens with zero attached hydrogens (tertiary/aromatic N) is 4. The minimum Gasteiger partial charge on any atom is -0.352 e. The highest BCUT2D eigenvalue weighted by Crippen LogP contribution is 2.22. The third kappa shape index (κ3) is 4.04. The third-order valence-electron chi connectivity index (χ3n) is 5.11. The fourth-order valence-electron chi connectivity index (χ4n) is 3.41. The normalized spacial score (nSPS) is 14.3. The van der Waals surface area contributed by atoms with Crippen LogP contribution in [-0.4, -0.2) is 52.2 Å². The molecule has 0 unspecified atom stereocenters. The van der Waals surface area contributed by atoms with Gasteiger partial charge in [0.25, 0.3) is 0 Å². The van der Waals surface area contributed by atoms with Gasteiger partial charge in [-0.15, -0.1) is 0 Å². The minimum atomic E-state index is 0.165. The number of nitrogens with two attached hydrogens (primary N) is 1. The Labute approximate surface area is 164 Å². The number of nitrogens with one attached hydrogen (secondary N) is 1. The molecule has 0 aliphatic carbocycles. The molecule has 7 nitrogen and oxygen atoms in total. The number of aromatic amines is 1. The number of carbonyl (C=O) groups is 1. The van der Waals surface area contributed by atoms with Crippen LogP contribution < -0.4 is 10.6 Å². The van der Waals surface area contributed by atoms with Gasteiger partial charge in [-0.3, -0.25) is 14.9 Å². The summed E-state index contributed by atoms with van der Waals surface area (Å²) in [6.45, 7) is 3.47. The third-order valence-corrected chi connectivity index (χ3v) is 5.11. The molecule has 7 heteroatoms. The summed E-state index contributed by atoms with van der Waals surface area (Å²) >= 11 is 0. The number of anilines is 1. The molecule has 0 radical (unpaired) electrons. The Kier molecular flexibility index (Phi) is 5.34. The number of aromatic nitrogens is 3. The minimum absolute atomic E-state index is 0.165. The fraction of sp³-hybridized carbons (Fsp3) is 0.286. The van der Waals surface area contributed by atoms with Crippen molar-refractivity contribution in [3.8, 4) is 11.3 Å². The molecule has 1 fully saturated rings. The second kappa shape index (κ2) is 8.22. The van der Waals surface area contributed by atoms with E-state index in [2.05, 4.69) is 20.1 Å². The van der Waals surface area contributed by atoms with Gasteiger partial charge in [-0.05, 0) is 23.3 Å². The molecular formula is C21H24N6O. The number of hydrogen-bond donors (Lipinski definition) is 2. The van der Waals surface area contributed by atoms with Crippen molar-refractivity contribution in [3.05, 3.63) is 66.0 Å². The van der Waals surface area contributed by atoms with Gasteiger partial charge in [-0.1, -0.05) is 24.3 Å². The molecule has 1 amide bonds. The zero-order valence-corrected chi connectivity index (χ0v) is 15.7. The monoisotopic (exact) mass is 376 g/mol. The molecule has 4 rings (SSSR count). The zero-order valence-electron chi connectivity index (χ0n) is 15.7. The van der Waals surface area contributed by atoms with Crippen LogP contribution in [0.15, 0.2) is 54.9 Å². The largest absolute Gasteiger partial charge is 0.352 e. The van der Waals surface area contributed by atoms with Gasteiger partial charge in [0.1, 0.15) is 0 Å². The first kappa shape index (κ1) is 18.2. The van der Waals surface area contributed by atoms with Crippen molar-refractivity contribution in [2.45, 2.75) is 13.0 Å². The van der Waals surface area contributed by atoms with Crippen LogP contribution in [0.3, 0.4) is 0 Å². The number of amides is 1. The molecule has 3 heterocycles. The van der Waals surface area contributed by atoms with Crippen molar-refractivity contribution in [1.82, 2.24) is 20.1 Å². The maximum atomic E-state index is 12.6.